The Morgan fingerprint density at radius 3 is 2.80 bits per heavy atom. The van der Waals surface area contributed by atoms with Crippen molar-refractivity contribution in [3.05, 3.63) is 28.2 Å². The van der Waals surface area contributed by atoms with E-state index in [0.717, 1.165) is 35.4 Å². The van der Waals surface area contributed by atoms with Gasteiger partial charge in [-0.2, -0.15) is 0 Å². The first-order valence-corrected chi connectivity index (χ1v) is 7.47. The summed E-state index contributed by atoms with van der Waals surface area (Å²) in [6, 6.07) is 5.98. The Balaban J connectivity index is 2.08. The van der Waals surface area contributed by atoms with Crippen molar-refractivity contribution in [2.75, 3.05) is 27.3 Å². The molecule has 4 nitrogen and oxygen atoms in total. The number of nitrogens with zero attached hydrogens (tertiary/aromatic N) is 1. The summed E-state index contributed by atoms with van der Waals surface area (Å²) in [6.45, 7) is 4.51. The number of carbonyl (C=O) groups is 1. The maximum Gasteiger partial charge on any atom is 0.310 e. The Morgan fingerprint density at radius 1 is 1.40 bits per heavy atom. The van der Waals surface area contributed by atoms with Crippen LogP contribution in [0.5, 0.6) is 5.75 Å². The van der Waals surface area contributed by atoms with Crippen LogP contribution in [0.2, 0.25) is 0 Å². The Bertz CT molecular complexity index is 492. The number of hydrogen-bond donors (Lipinski definition) is 0. The van der Waals surface area contributed by atoms with E-state index in [1.54, 1.807) is 7.11 Å². The Labute approximate surface area is 128 Å². The molecular formula is C15H20BrNO3. The van der Waals surface area contributed by atoms with Crippen LogP contribution in [0.3, 0.4) is 0 Å². The first-order chi connectivity index (χ1) is 9.55. The first kappa shape index (κ1) is 15.3. The normalized spacial score (nSPS) is 22.8. The van der Waals surface area contributed by atoms with Gasteiger partial charge in [0.05, 0.1) is 20.1 Å². The molecule has 0 saturated carbocycles. The van der Waals surface area contributed by atoms with E-state index in [4.69, 9.17) is 9.47 Å². The van der Waals surface area contributed by atoms with Crippen LogP contribution in [0.15, 0.2) is 22.7 Å². The van der Waals surface area contributed by atoms with E-state index in [2.05, 4.69) is 33.8 Å². The number of methoxy groups -OCH3 is 2. The third kappa shape index (κ3) is 3.33. The predicted molar refractivity (Wildman–Crippen MR) is 80.6 cm³/mol. The molecule has 1 aromatic rings. The number of halogens is 1. The van der Waals surface area contributed by atoms with Crippen molar-refractivity contribution in [3.8, 4) is 5.75 Å². The van der Waals surface area contributed by atoms with Crippen molar-refractivity contribution in [3.63, 3.8) is 0 Å². The van der Waals surface area contributed by atoms with Gasteiger partial charge in [-0.25, -0.2) is 0 Å². The van der Waals surface area contributed by atoms with Gasteiger partial charge >= 0.3 is 5.97 Å². The fourth-order valence-electron chi connectivity index (χ4n) is 2.77. The third-order valence-electron chi connectivity index (χ3n) is 3.83. The molecule has 0 radical (unpaired) electrons. The van der Waals surface area contributed by atoms with Crippen molar-refractivity contribution in [2.24, 2.45) is 11.8 Å². The Kier molecular flexibility index (Phi) is 5.05. The molecule has 2 unspecified atom stereocenters. The van der Waals surface area contributed by atoms with E-state index in [0.29, 0.717) is 5.92 Å². The highest BCUT2D eigenvalue weighted by Gasteiger charge is 2.35. The van der Waals surface area contributed by atoms with Crippen LogP contribution in [0.1, 0.15) is 12.5 Å². The SMILES string of the molecule is COC(=O)C1CN(Cc2cc(Br)ccc2OC)CC1C. The summed E-state index contributed by atoms with van der Waals surface area (Å²) < 4.78 is 11.3. The van der Waals surface area contributed by atoms with Gasteiger partial charge in [0.1, 0.15) is 5.75 Å². The number of carbonyl (C=O) groups excluding carboxylic acids is 1. The lowest BCUT2D eigenvalue weighted by Crippen LogP contribution is -2.24. The minimum absolute atomic E-state index is 0.0295. The molecule has 2 atom stereocenters. The zero-order chi connectivity index (χ0) is 14.7. The van der Waals surface area contributed by atoms with Gasteiger partial charge in [-0.15, -0.1) is 0 Å². The third-order valence-corrected chi connectivity index (χ3v) is 4.32. The number of ether oxygens (including phenoxy) is 2. The summed E-state index contributed by atoms with van der Waals surface area (Å²) >= 11 is 3.48. The molecule has 0 spiro atoms. The van der Waals surface area contributed by atoms with Crippen molar-refractivity contribution in [1.29, 1.82) is 0 Å². The molecule has 1 heterocycles. The molecule has 0 aliphatic carbocycles. The van der Waals surface area contributed by atoms with Gasteiger partial charge in [0.15, 0.2) is 0 Å². The molecule has 0 bridgehead atoms. The van der Waals surface area contributed by atoms with Gasteiger partial charge in [-0.05, 0) is 24.1 Å². The summed E-state index contributed by atoms with van der Waals surface area (Å²) in [5.74, 6) is 1.06. The van der Waals surface area contributed by atoms with Crippen LogP contribution in [0, 0.1) is 11.8 Å². The lowest BCUT2D eigenvalue weighted by molar-refractivity contribution is -0.146. The predicted octanol–water partition coefficient (Wildman–Crippen LogP) is 2.70. The van der Waals surface area contributed by atoms with Crippen LogP contribution >= 0.6 is 15.9 Å². The van der Waals surface area contributed by atoms with E-state index in [9.17, 15) is 4.79 Å². The smallest absolute Gasteiger partial charge is 0.310 e. The van der Waals surface area contributed by atoms with E-state index in [1.165, 1.54) is 7.11 Å². The van der Waals surface area contributed by atoms with Crippen LogP contribution in [-0.2, 0) is 16.1 Å². The molecule has 0 amide bonds. The molecule has 1 fully saturated rings. The monoisotopic (exact) mass is 341 g/mol. The largest absolute Gasteiger partial charge is 0.496 e. The molecule has 1 aliphatic heterocycles. The van der Waals surface area contributed by atoms with E-state index in [1.807, 2.05) is 12.1 Å². The fraction of sp³-hybridized carbons (Fsp3) is 0.533. The molecule has 110 valence electrons. The van der Waals surface area contributed by atoms with Crippen molar-refractivity contribution >= 4 is 21.9 Å². The molecule has 0 N–H and O–H groups in total. The van der Waals surface area contributed by atoms with Crippen molar-refractivity contribution in [1.82, 2.24) is 4.90 Å². The topological polar surface area (TPSA) is 38.8 Å². The van der Waals surface area contributed by atoms with Gasteiger partial charge < -0.3 is 9.47 Å². The lowest BCUT2D eigenvalue weighted by Gasteiger charge is -2.17. The Morgan fingerprint density at radius 2 is 2.15 bits per heavy atom. The number of hydrogen-bond acceptors (Lipinski definition) is 4. The minimum atomic E-state index is -0.110. The van der Waals surface area contributed by atoms with Crippen LogP contribution < -0.4 is 4.74 Å². The number of rotatable bonds is 4. The van der Waals surface area contributed by atoms with Gasteiger partial charge in [-0.3, -0.25) is 9.69 Å². The number of likely N-dealkylation sites (tertiary alicyclic amines) is 1. The summed E-state index contributed by atoms with van der Waals surface area (Å²) in [6.07, 6.45) is 0. The maximum absolute atomic E-state index is 11.7. The summed E-state index contributed by atoms with van der Waals surface area (Å²) in [7, 11) is 3.13. The second-order valence-corrected chi connectivity index (χ2v) is 6.17. The highest BCUT2D eigenvalue weighted by Crippen LogP contribution is 2.29. The Hall–Kier alpha value is -1.07. The molecule has 20 heavy (non-hydrogen) atoms. The highest BCUT2D eigenvalue weighted by atomic mass is 79.9. The molecule has 1 saturated heterocycles. The standard InChI is InChI=1S/C15H20BrNO3/c1-10-7-17(9-13(10)15(18)20-3)8-11-6-12(16)4-5-14(11)19-2/h4-6,10,13H,7-9H2,1-3H3. The highest BCUT2D eigenvalue weighted by molar-refractivity contribution is 9.10. The maximum atomic E-state index is 11.7. The minimum Gasteiger partial charge on any atom is -0.496 e. The lowest BCUT2D eigenvalue weighted by atomic mass is 9.99. The van der Waals surface area contributed by atoms with Crippen LogP contribution in [0.4, 0.5) is 0 Å². The number of esters is 1. The van der Waals surface area contributed by atoms with Crippen molar-refractivity contribution < 1.29 is 14.3 Å². The summed E-state index contributed by atoms with van der Waals surface area (Å²) in [5.41, 5.74) is 1.12. The van der Waals surface area contributed by atoms with Crippen molar-refractivity contribution in [2.45, 2.75) is 13.5 Å². The average molecular weight is 342 g/mol. The molecular weight excluding hydrogens is 322 g/mol. The quantitative estimate of drug-likeness (QED) is 0.789. The first-order valence-electron chi connectivity index (χ1n) is 6.67. The van der Waals surface area contributed by atoms with Gasteiger partial charge in [0, 0.05) is 29.7 Å². The zero-order valence-electron chi connectivity index (χ0n) is 12.1. The summed E-state index contributed by atoms with van der Waals surface area (Å²) in [4.78, 5) is 14.0. The second kappa shape index (κ2) is 6.59. The van der Waals surface area contributed by atoms with E-state index >= 15 is 0 Å². The average Bonchev–Trinajstić information content (AvgIpc) is 2.79. The fourth-order valence-corrected chi connectivity index (χ4v) is 3.17. The number of benzene rings is 1. The van der Waals surface area contributed by atoms with Gasteiger partial charge in [0.2, 0.25) is 0 Å². The van der Waals surface area contributed by atoms with E-state index < -0.39 is 0 Å². The van der Waals surface area contributed by atoms with E-state index in [-0.39, 0.29) is 11.9 Å². The molecule has 0 aromatic heterocycles. The molecule has 2 rings (SSSR count). The molecule has 1 aromatic carbocycles. The molecule has 1 aliphatic rings. The summed E-state index contributed by atoms with van der Waals surface area (Å²) in [5, 5.41) is 0. The van der Waals surface area contributed by atoms with Gasteiger partial charge in [0.25, 0.3) is 0 Å². The second-order valence-electron chi connectivity index (χ2n) is 5.26. The zero-order valence-corrected chi connectivity index (χ0v) is 13.6. The van der Waals surface area contributed by atoms with Crippen LogP contribution in [-0.4, -0.2) is 38.2 Å². The molecule has 5 heteroatoms. The van der Waals surface area contributed by atoms with Gasteiger partial charge in [-0.1, -0.05) is 22.9 Å². The van der Waals surface area contributed by atoms with Crippen LogP contribution in [0.25, 0.3) is 0 Å².